The van der Waals surface area contributed by atoms with Crippen molar-refractivity contribution in [2.45, 2.75) is 44.3 Å². The van der Waals surface area contributed by atoms with Crippen LogP contribution in [0.25, 0.3) is 33.4 Å². The third kappa shape index (κ3) is 8.03. The van der Waals surface area contributed by atoms with E-state index in [9.17, 15) is 9.59 Å². The van der Waals surface area contributed by atoms with Gasteiger partial charge in [-0.15, -0.1) is 0 Å². The number of esters is 2. The molecule has 286 valence electrons. The highest BCUT2D eigenvalue weighted by Gasteiger charge is 2.46. The lowest BCUT2D eigenvalue weighted by Gasteiger charge is -2.35. The van der Waals surface area contributed by atoms with Gasteiger partial charge in [0.25, 0.3) is 0 Å². The van der Waals surface area contributed by atoms with E-state index in [1.807, 2.05) is 50.2 Å². The molecule has 2 atom stereocenters. The SMILES string of the molecule is C=CC(=O)OC(C)CCOc1ccc(C2(c3ccc(OCCC(C)OC(=O)C=C)c(-c4ccccc4)c3)c3ccccc3-c3ccccc32)cc1-c1ccccc1. The van der Waals surface area contributed by atoms with Crippen LogP contribution >= 0.6 is 0 Å². The summed E-state index contributed by atoms with van der Waals surface area (Å²) in [6, 6.07) is 50.9. The second-order valence-corrected chi connectivity index (χ2v) is 14.2. The highest BCUT2D eigenvalue weighted by Crippen LogP contribution is 2.57. The standard InChI is InChI=1S/C51H46O6/c1-5-49(52)56-35(3)29-31-54-47-27-25-39(33-43(47)37-17-9-7-10-18-37)51(45-23-15-13-21-41(45)42-22-14-16-24-46(42)51)40-26-28-48(44(34-40)38-19-11-8-12-20-38)55-32-30-36(4)57-50(53)6-2/h5-28,33-36H,1-2,29-32H2,3-4H3. The van der Waals surface area contributed by atoms with Crippen molar-refractivity contribution in [3.05, 3.63) is 193 Å². The van der Waals surface area contributed by atoms with Crippen molar-refractivity contribution in [1.82, 2.24) is 0 Å². The zero-order chi connectivity index (χ0) is 39.8. The van der Waals surface area contributed by atoms with E-state index in [0.29, 0.717) is 26.1 Å². The Balaban J connectivity index is 1.38. The predicted molar refractivity (Wildman–Crippen MR) is 226 cm³/mol. The van der Waals surface area contributed by atoms with Gasteiger partial charge in [0.2, 0.25) is 0 Å². The summed E-state index contributed by atoms with van der Waals surface area (Å²) in [5, 5.41) is 0. The molecule has 1 aliphatic carbocycles. The van der Waals surface area contributed by atoms with Crippen molar-refractivity contribution >= 4 is 11.9 Å². The van der Waals surface area contributed by atoms with Crippen molar-refractivity contribution in [3.8, 4) is 44.9 Å². The fraction of sp³-hybridized carbons (Fsp3) is 0.176. The van der Waals surface area contributed by atoms with Gasteiger partial charge in [-0.2, -0.15) is 0 Å². The third-order valence-electron chi connectivity index (χ3n) is 10.5. The first-order valence-corrected chi connectivity index (χ1v) is 19.3. The molecule has 57 heavy (non-hydrogen) atoms. The topological polar surface area (TPSA) is 71.1 Å². The number of carbonyl (C=O) groups is 2. The quantitative estimate of drug-likeness (QED) is 0.0723. The number of benzene rings is 6. The number of carbonyl (C=O) groups excluding carboxylic acids is 2. The molecular formula is C51H46O6. The van der Waals surface area contributed by atoms with Crippen molar-refractivity contribution in [2.24, 2.45) is 0 Å². The molecule has 6 aromatic rings. The lowest BCUT2D eigenvalue weighted by atomic mass is 9.67. The van der Waals surface area contributed by atoms with E-state index in [-0.39, 0.29) is 12.2 Å². The number of fused-ring (bicyclic) bond motifs is 3. The van der Waals surface area contributed by atoms with Gasteiger partial charge in [-0.3, -0.25) is 0 Å². The summed E-state index contributed by atoms with van der Waals surface area (Å²) in [6.45, 7) is 11.4. The maximum atomic E-state index is 11.8. The van der Waals surface area contributed by atoms with E-state index in [1.54, 1.807) is 0 Å². The first-order valence-electron chi connectivity index (χ1n) is 19.3. The Kier molecular flexibility index (Phi) is 11.8. The molecule has 0 aromatic heterocycles. The van der Waals surface area contributed by atoms with Crippen LogP contribution in [-0.2, 0) is 24.5 Å². The number of rotatable bonds is 16. The summed E-state index contributed by atoms with van der Waals surface area (Å²) in [5.41, 5.74) is 10.2. The second-order valence-electron chi connectivity index (χ2n) is 14.2. The maximum Gasteiger partial charge on any atom is 0.330 e. The molecule has 0 bridgehead atoms. The molecular weight excluding hydrogens is 709 g/mol. The van der Waals surface area contributed by atoms with Crippen LogP contribution < -0.4 is 9.47 Å². The summed E-state index contributed by atoms with van der Waals surface area (Å²) in [4.78, 5) is 23.6. The Labute approximate surface area is 335 Å². The Bertz CT molecular complexity index is 2210. The van der Waals surface area contributed by atoms with Gasteiger partial charge in [0, 0.05) is 36.1 Å². The second kappa shape index (κ2) is 17.4. The average Bonchev–Trinajstić information content (AvgIpc) is 3.55. The van der Waals surface area contributed by atoms with Crippen LogP contribution in [0.5, 0.6) is 11.5 Å². The van der Waals surface area contributed by atoms with Crippen LogP contribution in [0.1, 0.15) is 48.9 Å². The smallest absolute Gasteiger partial charge is 0.330 e. The van der Waals surface area contributed by atoms with Crippen LogP contribution in [0.4, 0.5) is 0 Å². The van der Waals surface area contributed by atoms with Crippen molar-refractivity contribution in [2.75, 3.05) is 13.2 Å². The fourth-order valence-electron chi connectivity index (χ4n) is 7.77. The molecule has 1 aliphatic rings. The molecule has 0 saturated carbocycles. The summed E-state index contributed by atoms with van der Waals surface area (Å²) < 4.78 is 23.8. The third-order valence-corrected chi connectivity index (χ3v) is 10.5. The first-order chi connectivity index (χ1) is 27.8. The molecule has 2 unspecified atom stereocenters. The number of hydrogen-bond acceptors (Lipinski definition) is 6. The zero-order valence-corrected chi connectivity index (χ0v) is 32.4. The summed E-state index contributed by atoms with van der Waals surface area (Å²) >= 11 is 0. The highest BCUT2D eigenvalue weighted by atomic mass is 16.5. The molecule has 6 aromatic carbocycles. The van der Waals surface area contributed by atoms with E-state index >= 15 is 0 Å². The van der Waals surface area contributed by atoms with Crippen molar-refractivity contribution < 1.29 is 28.5 Å². The lowest BCUT2D eigenvalue weighted by molar-refractivity contribution is -0.143. The normalized spacial score (nSPS) is 13.3. The molecule has 7 rings (SSSR count). The Morgan fingerprint density at radius 2 is 0.912 bits per heavy atom. The molecule has 6 nitrogen and oxygen atoms in total. The molecule has 0 aliphatic heterocycles. The van der Waals surface area contributed by atoms with Gasteiger partial charge in [0.05, 0.1) is 18.6 Å². The van der Waals surface area contributed by atoms with E-state index in [1.165, 1.54) is 34.4 Å². The van der Waals surface area contributed by atoms with Gasteiger partial charge in [0.15, 0.2) is 0 Å². The van der Waals surface area contributed by atoms with Crippen LogP contribution in [0.15, 0.2) is 171 Å². The molecule has 0 heterocycles. The Hall–Kier alpha value is -6.66. The maximum absolute atomic E-state index is 11.8. The number of ether oxygens (including phenoxy) is 4. The van der Waals surface area contributed by atoms with Crippen LogP contribution in [0.2, 0.25) is 0 Å². The highest BCUT2D eigenvalue weighted by molar-refractivity contribution is 5.88. The molecule has 0 N–H and O–H groups in total. The average molecular weight is 755 g/mol. The lowest BCUT2D eigenvalue weighted by Crippen LogP contribution is -2.29. The predicted octanol–water partition coefficient (Wildman–Crippen LogP) is 11.2. The number of hydrogen-bond donors (Lipinski definition) is 0. The van der Waals surface area contributed by atoms with Crippen molar-refractivity contribution in [3.63, 3.8) is 0 Å². The fourth-order valence-corrected chi connectivity index (χ4v) is 7.77. The minimum Gasteiger partial charge on any atom is -0.493 e. The van der Waals surface area contributed by atoms with Gasteiger partial charge in [0.1, 0.15) is 23.7 Å². The molecule has 0 fully saturated rings. The van der Waals surface area contributed by atoms with Crippen molar-refractivity contribution in [1.29, 1.82) is 0 Å². The summed E-state index contributed by atoms with van der Waals surface area (Å²) in [6.07, 6.45) is 2.75. The van der Waals surface area contributed by atoms with E-state index < -0.39 is 17.4 Å². The largest absolute Gasteiger partial charge is 0.493 e. The summed E-state index contributed by atoms with van der Waals surface area (Å²) in [7, 11) is 0. The molecule has 0 amide bonds. The molecule has 6 heteroatoms. The molecule has 0 radical (unpaired) electrons. The molecule has 0 spiro atoms. The van der Waals surface area contributed by atoms with E-state index in [0.717, 1.165) is 44.9 Å². The minimum absolute atomic E-state index is 0.325. The molecule has 0 saturated heterocycles. The Morgan fingerprint density at radius 1 is 0.526 bits per heavy atom. The van der Waals surface area contributed by atoms with Gasteiger partial charge in [-0.05, 0) is 82.6 Å². The monoisotopic (exact) mass is 754 g/mol. The van der Waals surface area contributed by atoms with Crippen LogP contribution in [0.3, 0.4) is 0 Å². The van der Waals surface area contributed by atoms with Gasteiger partial charge in [-0.25, -0.2) is 9.59 Å². The van der Waals surface area contributed by atoms with E-state index in [2.05, 4.69) is 122 Å². The summed E-state index contributed by atoms with van der Waals surface area (Å²) in [5.74, 6) is 0.582. The van der Waals surface area contributed by atoms with Crippen LogP contribution in [-0.4, -0.2) is 37.4 Å². The van der Waals surface area contributed by atoms with Gasteiger partial charge < -0.3 is 18.9 Å². The van der Waals surface area contributed by atoms with Gasteiger partial charge >= 0.3 is 11.9 Å². The zero-order valence-electron chi connectivity index (χ0n) is 32.4. The van der Waals surface area contributed by atoms with Gasteiger partial charge in [-0.1, -0.05) is 134 Å². The minimum atomic E-state index is -0.710. The van der Waals surface area contributed by atoms with Crippen LogP contribution in [0, 0.1) is 0 Å². The first kappa shape index (κ1) is 38.6. The van der Waals surface area contributed by atoms with E-state index in [4.69, 9.17) is 18.9 Å². The Morgan fingerprint density at radius 3 is 1.32 bits per heavy atom.